The summed E-state index contributed by atoms with van der Waals surface area (Å²) in [6.07, 6.45) is 4.47. The fourth-order valence-corrected chi connectivity index (χ4v) is 3.97. The molecule has 1 heterocycles. The molecule has 1 aliphatic heterocycles. The maximum Gasteiger partial charge on any atom is 0.256 e. The summed E-state index contributed by atoms with van der Waals surface area (Å²) in [4.78, 5) is 30.1. The third-order valence-electron chi connectivity index (χ3n) is 5.86. The molecule has 0 spiro atoms. The average Bonchev–Trinajstić information content (AvgIpc) is 2.80. The molecule has 1 fully saturated rings. The Kier molecular flexibility index (Phi) is 7.50. The first-order chi connectivity index (χ1) is 14.6. The zero-order valence-electron chi connectivity index (χ0n) is 18.4. The van der Waals surface area contributed by atoms with Crippen LogP contribution in [0.25, 0.3) is 0 Å². The predicted molar refractivity (Wildman–Crippen MR) is 124 cm³/mol. The number of carbonyl (C=O) groups excluding carboxylic acids is 2. The number of aryl methyl sites for hydroxylation is 1. The van der Waals surface area contributed by atoms with Crippen molar-refractivity contribution in [2.45, 2.75) is 46.5 Å². The number of carbonyl (C=O) groups is 2. The van der Waals surface area contributed by atoms with Gasteiger partial charge in [0.1, 0.15) is 0 Å². The Labute approximate surface area is 180 Å². The SMILES string of the molecule is CCc1ccc(C(=O)Nc2ccc(N3CCCCC3)c(C(=O)N(CC)CC)c2)cc1. The third kappa shape index (κ3) is 5.02. The van der Waals surface area contributed by atoms with E-state index in [4.69, 9.17) is 0 Å². The molecule has 0 unspecified atom stereocenters. The minimum absolute atomic E-state index is 0.0176. The molecule has 1 aliphatic rings. The number of piperidine rings is 1. The zero-order chi connectivity index (χ0) is 21.5. The summed E-state index contributed by atoms with van der Waals surface area (Å²) in [7, 11) is 0. The highest BCUT2D eigenvalue weighted by Crippen LogP contribution is 2.28. The monoisotopic (exact) mass is 407 g/mol. The second-order valence-electron chi connectivity index (χ2n) is 7.76. The van der Waals surface area contributed by atoms with Crippen molar-refractivity contribution in [2.24, 2.45) is 0 Å². The van der Waals surface area contributed by atoms with Crippen LogP contribution in [-0.2, 0) is 6.42 Å². The van der Waals surface area contributed by atoms with Crippen LogP contribution in [0.2, 0.25) is 0 Å². The van der Waals surface area contributed by atoms with Crippen molar-refractivity contribution >= 4 is 23.2 Å². The molecule has 160 valence electrons. The highest BCUT2D eigenvalue weighted by atomic mass is 16.2. The molecule has 0 aliphatic carbocycles. The molecule has 1 saturated heterocycles. The molecule has 1 N–H and O–H groups in total. The first kappa shape index (κ1) is 21.9. The second kappa shape index (κ2) is 10.3. The van der Waals surface area contributed by atoms with E-state index < -0.39 is 0 Å². The summed E-state index contributed by atoms with van der Waals surface area (Å²) in [5.74, 6) is -0.145. The number of nitrogens with one attached hydrogen (secondary N) is 1. The summed E-state index contributed by atoms with van der Waals surface area (Å²) >= 11 is 0. The fraction of sp³-hybridized carbons (Fsp3) is 0.440. The minimum Gasteiger partial charge on any atom is -0.371 e. The van der Waals surface area contributed by atoms with E-state index in [2.05, 4.69) is 17.1 Å². The van der Waals surface area contributed by atoms with Gasteiger partial charge in [-0.25, -0.2) is 0 Å². The summed E-state index contributed by atoms with van der Waals surface area (Å²) < 4.78 is 0. The number of rotatable bonds is 7. The zero-order valence-corrected chi connectivity index (χ0v) is 18.4. The van der Waals surface area contributed by atoms with Crippen LogP contribution in [0.4, 0.5) is 11.4 Å². The van der Waals surface area contributed by atoms with E-state index in [0.29, 0.717) is 29.9 Å². The van der Waals surface area contributed by atoms with Crippen molar-refractivity contribution in [1.82, 2.24) is 4.90 Å². The maximum absolute atomic E-state index is 13.2. The van der Waals surface area contributed by atoms with Gasteiger partial charge in [-0.2, -0.15) is 0 Å². The van der Waals surface area contributed by atoms with Gasteiger partial charge in [0, 0.05) is 43.1 Å². The lowest BCUT2D eigenvalue weighted by atomic mass is 10.0. The van der Waals surface area contributed by atoms with Gasteiger partial charge >= 0.3 is 0 Å². The summed E-state index contributed by atoms with van der Waals surface area (Å²) in [6.45, 7) is 9.33. The largest absolute Gasteiger partial charge is 0.371 e. The lowest BCUT2D eigenvalue weighted by Gasteiger charge is -2.31. The number of benzene rings is 2. The molecule has 3 rings (SSSR count). The van der Waals surface area contributed by atoms with Gasteiger partial charge < -0.3 is 15.1 Å². The van der Waals surface area contributed by atoms with Gasteiger partial charge in [-0.05, 0) is 75.4 Å². The second-order valence-corrected chi connectivity index (χ2v) is 7.76. The van der Waals surface area contributed by atoms with Crippen LogP contribution in [0, 0.1) is 0 Å². The van der Waals surface area contributed by atoms with Crippen LogP contribution in [0.5, 0.6) is 0 Å². The molecule has 2 amide bonds. The Bertz CT molecular complexity index is 866. The first-order valence-electron chi connectivity index (χ1n) is 11.2. The Balaban J connectivity index is 1.88. The van der Waals surface area contributed by atoms with Crippen LogP contribution in [0.1, 0.15) is 66.3 Å². The number of nitrogens with zero attached hydrogens (tertiary/aromatic N) is 2. The van der Waals surface area contributed by atoms with Crippen LogP contribution < -0.4 is 10.2 Å². The molecule has 5 heteroatoms. The third-order valence-corrected chi connectivity index (χ3v) is 5.86. The fourth-order valence-electron chi connectivity index (χ4n) is 3.97. The van der Waals surface area contributed by atoms with E-state index in [-0.39, 0.29) is 11.8 Å². The molecular weight excluding hydrogens is 374 g/mol. The van der Waals surface area contributed by atoms with Gasteiger partial charge in [0.2, 0.25) is 0 Å². The minimum atomic E-state index is -0.162. The van der Waals surface area contributed by atoms with Gasteiger partial charge in [0.15, 0.2) is 0 Å². The van der Waals surface area contributed by atoms with Crippen molar-refractivity contribution in [2.75, 3.05) is 36.4 Å². The van der Waals surface area contributed by atoms with Crippen molar-refractivity contribution in [1.29, 1.82) is 0 Å². The molecule has 2 aromatic carbocycles. The van der Waals surface area contributed by atoms with Crippen LogP contribution >= 0.6 is 0 Å². The molecule has 2 aromatic rings. The lowest BCUT2D eigenvalue weighted by molar-refractivity contribution is 0.0773. The number of hydrogen-bond acceptors (Lipinski definition) is 3. The standard InChI is InChI=1S/C25H33N3O2/c1-4-19-10-12-20(13-11-19)24(29)26-21-14-15-23(28-16-8-7-9-17-28)22(18-21)25(30)27(5-2)6-3/h10-15,18H,4-9,16-17H2,1-3H3,(H,26,29). The van der Waals surface area contributed by atoms with Crippen molar-refractivity contribution in [3.8, 4) is 0 Å². The van der Waals surface area contributed by atoms with Crippen LogP contribution in [-0.4, -0.2) is 42.9 Å². The van der Waals surface area contributed by atoms with Crippen LogP contribution in [0.3, 0.4) is 0 Å². The number of hydrogen-bond donors (Lipinski definition) is 1. The molecule has 0 radical (unpaired) electrons. The van der Waals surface area contributed by atoms with E-state index in [0.717, 1.165) is 38.0 Å². The van der Waals surface area contributed by atoms with E-state index in [9.17, 15) is 9.59 Å². The number of amides is 2. The smallest absolute Gasteiger partial charge is 0.256 e. The highest BCUT2D eigenvalue weighted by molar-refractivity contribution is 6.06. The van der Waals surface area contributed by atoms with E-state index in [1.807, 2.05) is 61.2 Å². The van der Waals surface area contributed by atoms with Crippen molar-refractivity contribution < 1.29 is 9.59 Å². The predicted octanol–water partition coefficient (Wildman–Crippen LogP) is 4.97. The molecule has 0 atom stereocenters. The van der Waals surface area contributed by atoms with Gasteiger partial charge in [-0.15, -0.1) is 0 Å². The molecule has 0 aromatic heterocycles. The molecule has 30 heavy (non-hydrogen) atoms. The van der Waals surface area contributed by atoms with Gasteiger partial charge in [-0.3, -0.25) is 9.59 Å². The lowest BCUT2D eigenvalue weighted by Crippen LogP contribution is -2.35. The summed E-state index contributed by atoms with van der Waals surface area (Å²) in [6, 6.07) is 13.4. The average molecular weight is 408 g/mol. The van der Waals surface area contributed by atoms with Gasteiger partial charge in [0.05, 0.1) is 5.56 Å². The van der Waals surface area contributed by atoms with E-state index in [1.165, 1.54) is 12.0 Å². The quantitative estimate of drug-likeness (QED) is 0.705. The Morgan fingerprint density at radius 3 is 2.20 bits per heavy atom. The maximum atomic E-state index is 13.2. The van der Waals surface area contributed by atoms with E-state index in [1.54, 1.807) is 0 Å². The van der Waals surface area contributed by atoms with Crippen molar-refractivity contribution in [3.63, 3.8) is 0 Å². The highest BCUT2D eigenvalue weighted by Gasteiger charge is 2.22. The Morgan fingerprint density at radius 2 is 1.60 bits per heavy atom. The molecule has 5 nitrogen and oxygen atoms in total. The summed E-state index contributed by atoms with van der Waals surface area (Å²) in [5, 5.41) is 2.97. The van der Waals surface area contributed by atoms with Crippen molar-refractivity contribution in [3.05, 3.63) is 59.2 Å². The van der Waals surface area contributed by atoms with Crippen LogP contribution in [0.15, 0.2) is 42.5 Å². The Morgan fingerprint density at radius 1 is 0.933 bits per heavy atom. The number of anilines is 2. The first-order valence-corrected chi connectivity index (χ1v) is 11.2. The Hall–Kier alpha value is -2.82. The topological polar surface area (TPSA) is 52.7 Å². The van der Waals surface area contributed by atoms with Gasteiger partial charge in [-0.1, -0.05) is 19.1 Å². The molecular formula is C25H33N3O2. The molecule has 0 bridgehead atoms. The molecule has 0 saturated carbocycles. The van der Waals surface area contributed by atoms with Gasteiger partial charge in [0.25, 0.3) is 11.8 Å². The summed E-state index contributed by atoms with van der Waals surface area (Å²) in [5.41, 5.74) is 4.10. The normalized spacial score (nSPS) is 13.8. The van der Waals surface area contributed by atoms with E-state index >= 15 is 0 Å².